The molecular weight excluding hydrogens is 204 g/mol. The standard InChI is InChI=1S/C8H11BrN2/c9-6-3-5-11-8(6)7-2-1-4-10-7/h3,5,7,10-11H,1-2,4H2. The second-order valence-corrected chi connectivity index (χ2v) is 3.74. The van der Waals surface area contributed by atoms with E-state index < -0.39 is 0 Å². The van der Waals surface area contributed by atoms with Crippen LogP contribution >= 0.6 is 15.9 Å². The normalized spacial score (nSPS) is 24.3. The van der Waals surface area contributed by atoms with Crippen LogP contribution in [0, 0.1) is 0 Å². The molecule has 1 aliphatic rings. The van der Waals surface area contributed by atoms with Crippen LogP contribution in [0.3, 0.4) is 0 Å². The topological polar surface area (TPSA) is 27.8 Å². The van der Waals surface area contributed by atoms with Crippen molar-refractivity contribution in [3.8, 4) is 0 Å². The number of H-pyrrole nitrogens is 1. The summed E-state index contributed by atoms with van der Waals surface area (Å²) in [6, 6.07) is 2.59. The van der Waals surface area contributed by atoms with Crippen molar-refractivity contribution >= 4 is 15.9 Å². The molecule has 0 saturated carbocycles. The lowest BCUT2D eigenvalue weighted by Crippen LogP contribution is -2.13. The molecule has 2 N–H and O–H groups in total. The van der Waals surface area contributed by atoms with Gasteiger partial charge in [0.05, 0.1) is 0 Å². The van der Waals surface area contributed by atoms with E-state index in [0.717, 1.165) is 6.54 Å². The van der Waals surface area contributed by atoms with Crippen molar-refractivity contribution in [1.29, 1.82) is 0 Å². The average Bonchev–Trinajstić information content (AvgIpc) is 2.55. The summed E-state index contributed by atoms with van der Waals surface area (Å²) in [5.41, 5.74) is 1.29. The highest BCUT2D eigenvalue weighted by Crippen LogP contribution is 2.27. The zero-order chi connectivity index (χ0) is 7.68. The Balaban J connectivity index is 2.21. The molecule has 1 saturated heterocycles. The predicted octanol–water partition coefficient (Wildman–Crippen LogP) is 2.20. The Morgan fingerprint density at radius 2 is 2.45 bits per heavy atom. The summed E-state index contributed by atoms with van der Waals surface area (Å²) in [5, 5.41) is 3.44. The molecule has 1 unspecified atom stereocenters. The van der Waals surface area contributed by atoms with Gasteiger partial charge in [-0.2, -0.15) is 0 Å². The molecule has 11 heavy (non-hydrogen) atoms. The molecular formula is C8H11BrN2. The van der Waals surface area contributed by atoms with Crippen LogP contribution in [0.25, 0.3) is 0 Å². The van der Waals surface area contributed by atoms with E-state index in [0.29, 0.717) is 6.04 Å². The number of rotatable bonds is 1. The predicted molar refractivity (Wildman–Crippen MR) is 48.5 cm³/mol. The third-order valence-electron chi connectivity index (χ3n) is 2.13. The molecule has 1 atom stereocenters. The molecule has 1 aromatic heterocycles. The van der Waals surface area contributed by atoms with Gasteiger partial charge >= 0.3 is 0 Å². The average molecular weight is 215 g/mol. The van der Waals surface area contributed by atoms with Crippen molar-refractivity contribution in [2.24, 2.45) is 0 Å². The minimum atomic E-state index is 0.541. The van der Waals surface area contributed by atoms with Gasteiger partial charge in [-0.3, -0.25) is 0 Å². The maximum atomic E-state index is 3.51. The van der Waals surface area contributed by atoms with Gasteiger partial charge in [0.15, 0.2) is 0 Å². The summed E-state index contributed by atoms with van der Waals surface area (Å²) in [6.45, 7) is 1.15. The van der Waals surface area contributed by atoms with E-state index in [9.17, 15) is 0 Å². The minimum absolute atomic E-state index is 0.541. The van der Waals surface area contributed by atoms with Crippen molar-refractivity contribution in [3.63, 3.8) is 0 Å². The third-order valence-corrected chi connectivity index (χ3v) is 2.83. The van der Waals surface area contributed by atoms with Crippen LogP contribution in [-0.2, 0) is 0 Å². The highest BCUT2D eigenvalue weighted by Gasteiger charge is 2.18. The first-order valence-corrected chi connectivity index (χ1v) is 4.73. The number of aromatic amines is 1. The lowest BCUT2D eigenvalue weighted by Gasteiger charge is -2.07. The quantitative estimate of drug-likeness (QED) is 0.738. The van der Waals surface area contributed by atoms with E-state index in [2.05, 4.69) is 32.3 Å². The van der Waals surface area contributed by atoms with E-state index in [4.69, 9.17) is 0 Å². The maximum Gasteiger partial charge on any atom is 0.0484 e. The van der Waals surface area contributed by atoms with Gasteiger partial charge in [0.2, 0.25) is 0 Å². The van der Waals surface area contributed by atoms with Crippen molar-refractivity contribution in [2.75, 3.05) is 6.54 Å². The van der Waals surface area contributed by atoms with Crippen LogP contribution < -0.4 is 5.32 Å². The van der Waals surface area contributed by atoms with E-state index >= 15 is 0 Å². The number of aromatic nitrogens is 1. The molecule has 2 nitrogen and oxygen atoms in total. The number of nitrogens with one attached hydrogen (secondary N) is 2. The van der Waals surface area contributed by atoms with Gasteiger partial charge in [-0.1, -0.05) is 0 Å². The Morgan fingerprint density at radius 3 is 3.00 bits per heavy atom. The van der Waals surface area contributed by atoms with Crippen molar-refractivity contribution in [2.45, 2.75) is 18.9 Å². The van der Waals surface area contributed by atoms with Gasteiger partial charge in [-0.15, -0.1) is 0 Å². The fourth-order valence-corrected chi connectivity index (χ4v) is 2.08. The Hall–Kier alpha value is -0.280. The fourth-order valence-electron chi connectivity index (χ4n) is 1.56. The van der Waals surface area contributed by atoms with E-state index in [1.54, 1.807) is 0 Å². The van der Waals surface area contributed by atoms with E-state index in [-0.39, 0.29) is 0 Å². The molecule has 0 spiro atoms. The summed E-state index contributed by atoms with van der Waals surface area (Å²) in [6.07, 6.45) is 4.51. The van der Waals surface area contributed by atoms with E-state index in [1.807, 2.05) is 6.20 Å². The van der Waals surface area contributed by atoms with Gasteiger partial charge in [-0.05, 0) is 41.4 Å². The summed E-state index contributed by atoms with van der Waals surface area (Å²) >= 11 is 3.51. The largest absolute Gasteiger partial charge is 0.363 e. The number of halogens is 1. The monoisotopic (exact) mass is 214 g/mol. The summed E-state index contributed by atoms with van der Waals surface area (Å²) in [5.74, 6) is 0. The molecule has 1 aromatic rings. The van der Waals surface area contributed by atoms with Gasteiger partial charge in [0, 0.05) is 22.4 Å². The lowest BCUT2D eigenvalue weighted by molar-refractivity contribution is 0.629. The molecule has 1 fully saturated rings. The third kappa shape index (κ3) is 1.35. The highest BCUT2D eigenvalue weighted by molar-refractivity contribution is 9.10. The molecule has 2 heterocycles. The molecule has 0 aliphatic carbocycles. The van der Waals surface area contributed by atoms with Crippen molar-refractivity contribution < 1.29 is 0 Å². The van der Waals surface area contributed by atoms with Gasteiger partial charge in [-0.25, -0.2) is 0 Å². The summed E-state index contributed by atoms with van der Waals surface area (Å²) < 4.78 is 1.19. The van der Waals surface area contributed by atoms with Crippen LogP contribution in [0.5, 0.6) is 0 Å². The maximum absolute atomic E-state index is 3.51. The first-order valence-electron chi connectivity index (χ1n) is 3.94. The smallest absolute Gasteiger partial charge is 0.0484 e. The lowest BCUT2D eigenvalue weighted by atomic mass is 10.2. The Morgan fingerprint density at radius 1 is 1.55 bits per heavy atom. The Labute approximate surface area is 74.5 Å². The molecule has 1 aliphatic heterocycles. The molecule has 3 heteroatoms. The molecule has 0 bridgehead atoms. The van der Waals surface area contributed by atoms with Crippen LogP contribution in [0.1, 0.15) is 24.6 Å². The van der Waals surface area contributed by atoms with Gasteiger partial charge in [0.1, 0.15) is 0 Å². The number of hydrogen-bond donors (Lipinski definition) is 2. The van der Waals surface area contributed by atoms with Crippen LogP contribution in [-0.4, -0.2) is 11.5 Å². The zero-order valence-electron chi connectivity index (χ0n) is 6.23. The molecule has 60 valence electrons. The van der Waals surface area contributed by atoms with E-state index in [1.165, 1.54) is 23.0 Å². The van der Waals surface area contributed by atoms with Crippen LogP contribution in [0.15, 0.2) is 16.7 Å². The molecule has 0 aromatic carbocycles. The van der Waals surface area contributed by atoms with Crippen molar-refractivity contribution in [3.05, 3.63) is 22.4 Å². The number of hydrogen-bond acceptors (Lipinski definition) is 1. The minimum Gasteiger partial charge on any atom is -0.363 e. The van der Waals surface area contributed by atoms with Crippen molar-refractivity contribution in [1.82, 2.24) is 10.3 Å². The van der Waals surface area contributed by atoms with Crippen LogP contribution in [0.2, 0.25) is 0 Å². The Kier molecular flexibility index (Phi) is 2.00. The summed E-state index contributed by atoms with van der Waals surface area (Å²) in [7, 11) is 0. The second kappa shape index (κ2) is 2.99. The SMILES string of the molecule is Brc1cc[nH]c1C1CCCN1. The molecule has 2 rings (SSSR count). The zero-order valence-corrected chi connectivity index (χ0v) is 7.82. The van der Waals surface area contributed by atoms with Crippen LogP contribution in [0.4, 0.5) is 0 Å². The highest BCUT2D eigenvalue weighted by atomic mass is 79.9. The first kappa shape index (κ1) is 7.37. The van der Waals surface area contributed by atoms with Gasteiger partial charge < -0.3 is 10.3 Å². The molecule has 0 amide bonds. The fraction of sp³-hybridized carbons (Fsp3) is 0.500. The molecule has 0 radical (unpaired) electrons. The second-order valence-electron chi connectivity index (χ2n) is 2.89. The van der Waals surface area contributed by atoms with Gasteiger partial charge in [0.25, 0.3) is 0 Å². The first-order chi connectivity index (χ1) is 5.38. The Bertz CT molecular complexity index is 238. The summed E-state index contributed by atoms with van der Waals surface area (Å²) in [4.78, 5) is 3.24.